The minimum Gasteiger partial charge on any atom is -0.389 e. The lowest BCUT2D eigenvalue weighted by Gasteiger charge is -2.33. The number of hydrogen-bond donors (Lipinski definition) is 2. The number of aliphatic hydroxyl groups is 1. The van der Waals surface area contributed by atoms with E-state index in [1.807, 2.05) is 25.6 Å². The van der Waals surface area contributed by atoms with Crippen LogP contribution < -0.4 is 5.32 Å². The van der Waals surface area contributed by atoms with Gasteiger partial charge in [-0.05, 0) is 32.4 Å². The van der Waals surface area contributed by atoms with Gasteiger partial charge in [0, 0.05) is 17.8 Å². The first-order chi connectivity index (χ1) is 7.09. The molecule has 0 amide bonds. The molecule has 1 saturated carbocycles. The van der Waals surface area contributed by atoms with Crippen LogP contribution in [0.5, 0.6) is 0 Å². The van der Waals surface area contributed by atoms with Crippen molar-refractivity contribution in [3.63, 3.8) is 0 Å². The zero-order valence-electron chi connectivity index (χ0n) is 10.3. The number of hydrogen-bond acceptors (Lipinski definition) is 3. The second kappa shape index (κ2) is 6.12. The van der Waals surface area contributed by atoms with Crippen molar-refractivity contribution in [1.82, 2.24) is 5.32 Å². The van der Waals surface area contributed by atoms with E-state index >= 15 is 0 Å². The third-order valence-electron chi connectivity index (χ3n) is 3.51. The van der Waals surface area contributed by atoms with Crippen LogP contribution in [-0.2, 0) is 0 Å². The van der Waals surface area contributed by atoms with E-state index < -0.39 is 5.60 Å². The monoisotopic (exact) mass is 231 g/mol. The highest BCUT2D eigenvalue weighted by Crippen LogP contribution is 2.27. The summed E-state index contributed by atoms with van der Waals surface area (Å²) in [6, 6.07) is 0.603. The van der Waals surface area contributed by atoms with Crippen LogP contribution >= 0.6 is 11.8 Å². The highest BCUT2D eigenvalue weighted by molar-refractivity contribution is 7.99. The van der Waals surface area contributed by atoms with Crippen LogP contribution in [0.15, 0.2) is 0 Å². The summed E-state index contributed by atoms with van der Waals surface area (Å²) in [5, 5.41) is 14.2. The Hall–Kier alpha value is 0.270. The fourth-order valence-electron chi connectivity index (χ4n) is 2.09. The summed E-state index contributed by atoms with van der Waals surface area (Å²) in [6.45, 7) is 4.68. The van der Waals surface area contributed by atoms with E-state index in [0.29, 0.717) is 6.04 Å². The quantitative estimate of drug-likeness (QED) is 0.762. The maximum absolute atomic E-state index is 9.94. The second-order valence-corrected chi connectivity index (χ2v) is 5.97. The van der Waals surface area contributed by atoms with Crippen LogP contribution in [0.4, 0.5) is 0 Å². The van der Waals surface area contributed by atoms with Crippen molar-refractivity contribution in [1.29, 1.82) is 0 Å². The average Bonchev–Trinajstić information content (AvgIpc) is 2.27. The normalized spacial score (nSPS) is 31.2. The third-order valence-corrected chi connectivity index (χ3v) is 4.68. The molecule has 0 saturated heterocycles. The van der Waals surface area contributed by atoms with E-state index in [1.165, 1.54) is 25.7 Å². The number of rotatable bonds is 5. The van der Waals surface area contributed by atoms with E-state index in [1.54, 1.807) is 0 Å². The van der Waals surface area contributed by atoms with E-state index in [0.717, 1.165) is 18.2 Å². The lowest BCUT2D eigenvalue weighted by atomic mass is 9.93. The molecule has 3 heteroatoms. The van der Waals surface area contributed by atoms with E-state index in [4.69, 9.17) is 0 Å². The Morgan fingerprint density at radius 3 is 2.67 bits per heavy atom. The third kappa shape index (κ3) is 4.33. The molecular weight excluding hydrogens is 206 g/mol. The smallest absolute Gasteiger partial charge is 0.0741 e. The van der Waals surface area contributed by atoms with Crippen LogP contribution in [0.25, 0.3) is 0 Å². The Balaban J connectivity index is 2.35. The van der Waals surface area contributed by atoms with Crippen LogP contribution in [0.3, 0.4) is 0 Å². The Bertz CT molecular complexity index is 184. The molecule has 0 aliphatic heterocycles. The molecule has 3 unspecified atom stereocenters. The number of thioether (sulfide) groups is 1. The molecule has 0 spiro atoms. The van der Waals surface area contributed by atoms with Gasteiger partial charge in [0.1, 0.15) is 0 Å². The molecule has 3 atom stereocenters. The van der Waals surface area contributed by atoms with E-state index in [2.05, 4.69) is 11.6 Å². The zero-order valence-corrected chi connectivity index (χ0v) is 11.1. The lowest BCUT2D eigenvalue weighted by Crippen LogP contribution is -2.47. The molecule has 2 N–H and O–H groups in total. The summed E-state index contributed by atoms with van der Waals surface area (Å²) >= 11 is 1.97. The molecule has 0 aromatic heterocycles. The molecule has 0 heterocycles. The molecule has 1 aliphatic rings. The van der Waals surface area contributed by atoms with E-state index in [-0.39, 0.29) is 0 Å². The molecule has 15 heavy (non-hydrogen) atoms. The Kier molecular flexibility index (Phi) is 5.44. The van der Waals surface area contributed by atoms with Gasteiger partial charge in [0.05, 0.1) is 5.60 Å². The summed E-state index contributed by atoms with van der Waals surface area (Å²) in [5.74, 6) is 0. The van der Waals surface area contributed by atoms with Crippen molar-refractivity contribution in [2.75, 3.05) is 12.8 Å². The fourth-order valence-corrected chi connectivity index (χ4v) is 3.05. The average molecular weight is 231 g/mol. The van der Waals surface area contributed by atoms with Crippen LogP contribution in [0, 0.1) is 0 Å². The molecule has 2 nitrogen and oxygen atoms in total. The first-order valence-electron chi connectivity index (χ1n) is 6.07. The van der Waals surface area contributed by atoms with Gasteiger partial charge in [0.15, 0.2) is 0 Å². The summed E-state index contributed by atoms with van der Waals surface area (Å²) in [5.41, 5.74) is -0.541. The predicted molar refractivity (Wildman–Crippen MR) is 68.5 cm³/mol. The van der Waals surface area contributed by atoms with Crippen molar-refractivity contribution >= 4 is 11.8 Å². The molecule has 1 fully saturated rings. The SMILES string of the molecule is CCC(C)(O)CNC1CCCCC1SC. The van der Waals surface area contributed by atoms with Crippen molar-refractivity contribution in [2.24, 2.45) is 0 Å². The van der Waals surface area contributed by atoms with Crippen LogP contribution in [-0.4, -0.2) is 34.8 Å². The topological polar surface area (TPSA) is 32.3 Å². The van der Waals surface area contributed by atoms with Gasteiger partial charge < -0.3 is 10.4 Å². The van der Waals surface area contributed by atoms with Gasteiger partial charge in [-0.15, -0.1) is 0 Å². The summed E-state index contributed by atoms with van der Waals surface area (Å²) in [6.07, 6.45) is 8.31. The van der Waals surface area contributed by atoms with Gasteiger partial charge in [-0.25, -0.2) is 0 Å². The van der Waals surface area contributed by atoms with Crippen LogP contribution in [0.2, 0.25) is 0 Å². The standard InChI is InChI=1S/C12H25NOS/c1-4-12(2,14)9-13-10-7-5-6-8-11(10)15-3/h10-11,13-14H,4-9H2,1-3H3. The number of nitrogens with one attached hydrogen (secondary N) is 1. The van der Waals surface area contributed by atoms with Gasteiger partial charge in [0.2, 0.25) is 0 Å². The predicted octanol–water partition coefficient (Wildman–Crippen LogP) is 2.41. The molecular formula is C12H25NOS. The van der Waals surface area contributed by atoms with Gasteiger partial charge in [-0.3, -0.25) is 0 Å². The lowest BCUT2D eigenvalue weighted by molar-refractivity contribution is 0.0516. The molecule has 1 aliphatic carbocycles. The Labute approximate surface area is 98.2 Å². The zero-order chi connectivity index (χ0) is 11.3. The van der Waals surface area contributed by atoms with Gasteiger partial charge >= 0.3 is 0 Å². The highest BCUT2D eigenvalue weighted by atomic mass is 32.2. The molecule has 90 valence electrons. The first-order valence-corrected chi connectivity index (χ1v) is 7.36. The molecule has 0 radical (unpaired) electrons. The van der Waals surface area contributed by atoms with Gasteiger partial charge in [-0.2, -0.15) is 11.8 Å². The Morgan fingerprint density at radius 1 is 1.40 bits per heavy atom. The second-order valence-electron chi connectivity index (χ2n) is 4.90. The molecule has 0 aromatic carbocycles. The fraction of sp³-hybridized carbons (Fsp3) is 1.00. The maximum Gasteiger partial charge on any atom is 0.0741 e. The summed E-state index contributed by atoms with van der Waals surface area (Å²) in [7, 11) is 0. The largest absolute Gasteiger partial charge is 0.389 e. The molecule has 0 aromatic rings. The van der Waals surface area contributed by atoms with E-state index in [9.17, 15) is 5.11 Å². The van der Waals surface area contributed by atoms with Crippen molar-refractivity contribution in [3.8, 4) is 0 Å². The van der Waals surface area contributed by atoms with Crippen molar-refractivity contribution in [3.05, 3.63) is 0 Å². The van der Waals surface area contributed by atoms with Crippen molar-refractivity contribution in [2.45, 2.75) is 62.8 Å². The first kappa shape index (κ1) is 13.3. The molecule has 1 rings (SSSR count). The highest BCUT2D eigenvalue weighted by Gasteiger charge is 2.26. The minimum atomic E-state index is -0.541. The molecule has 0 bridgehead atoms. The maximum atomic E-state index is 9.94. The summed E-state index contributed by atoms with van der Waals surface area (Å²) in [4.78, 5) is 0. The van der Waals surface area contributed by atoms with Crippen molar-refractivity contribution < 1.29 is 5.11 Å². The van der Waals surface area contributed by atoms with Gasteiger partial charge in [0.25, 0.3) is 0 Å². The summed E-state index contributed by atoms with van der Waals surface area (Å²) < 4.78 is 0. The van der Waals surface area contributed by atoms with Crippen LogP contribution in [0.1, 0.15) is 46.0 Å². The van der Waals surface area contributed by atoms with Gasteiger partial charge in [-0.1, -0.05) is 19.8 Å². The minimum absolute atomic E-state index is 0.541. The Morgan fingerprint density at radius 2 is 2.07 bits per heavy atom.